The van der Waals surface area contributed by atoms with Crippen LogP contribution >= 0.6 is 11.3 Å². The molecule has 1 heterocycles. The van der Waals surface area contributed by atoms with Gasteiger partial charge in [0.05, 0.1) is 23.6 Å². The Hall–Kier alpha value is -1.40. The van der Waals surface area contributed by atoms with E-state index < -0.39 is 5.54 Å². The molecule has 2 amide bonds. The molecule has 0 spiro atoms. The average Bonchev–Trinajstić information content (AvgIpc) is 3.09. The van der Waals surface area contributed by atoms with Crippen molar-refractivity contribution in [2.24, 2.45) is 0 Å². The first kappa shape index (κ1) is 15.0. The average molecular weight is 296 g/mol. The lowest BCUT2D eigenvalue weighted by molar-refractivity contribution is -0.124. The Bertz CT molecular complexity index is 467. The molecule has 1 aliphatic carbocycles. The smallest absolute Gasteiger partial charge is 0.264 e. The molecule has 110 valence electrons. The first-order chi connectivity index (χ1) is 9.56. The van der Waals surface area contributed by atoms with Gasteiger partial charge in [0.15, 0.2) is 0 Å². The Morgan fingerprint density at radius 2 is 2.15 bits per heavy atom. The van der Waals surface area contributed by atoms with Crippen molar-refractivity contribution in [2.75, 3.05) is 20.2 Å². The van der Waals surface area contributed by atoms with Crippen molar-refractivity contribution in [1.29, 1.82) is 0 Å². The minimum atomic E-state index is -0.482. The summed E-state index contributed by atoms with van der Waals surface area (Å²) < 4.78 is 0. The number of carbonyl (C=O) groups excluding carboxylic acids is 2. The highest BCUT2D eigenvalue weighted by molar-refractivity contribution is 7.12. The molecule has 2 rings (SSSR count). The molecule has 1 aliphatic rings. The quantitative estimate of drug-likeness (QED) is 0.859. The zero-order valence-electron chi connectivity index (χ0n) is 11.6. The van der Waals surface area contributed by atoms with Crippen LogP contribution in [0.5, 0.6) is 0 Å². The van der Waals surface area contributed by atoms with Crippen LogP contribution in [0.3, 0.4) is 0 Å². The summed E-state index contributed by atoms with van der Waals surface area (Å²) in [4.78, 5) is 26.1. The van der Waals surface area contributed by atoms with Crippen molar-refractivity contribution in [3.05, 3.63) is 22.4 Å². The highest BCUT2D eigenvalue weighted by atomic mass is 32.1. The number of rotatable bonds is 5. The molecular weight excluding hydrogens is 276 g/mol. The maximum absolute atomic E-state index is 12.0. The molecule has 1 aromatic rings. The number of carbonyl (C=O) groups is 2. The number of hydrogen-bond acceptors (Lipinski definition) is 4. The lowest BCUT2D eigenvalue weighted by Crippen LogP contribution is -2.52. The Morgan fingerprint density at radius 1 is 1.45 bits per heavy atom. The van der Waals surface area contributed by atoms with Gasteiger partial charge in [0.1, 0.15) is 0 Å². The van der Waals surface area contributed by atoms with E-state index in [4.69, 9.17) is 0 Å². The molecule has 20 heavy (non-hydrogen) atoms. The summed E-state index contributed by atoms with van der Waals surface area (Å²) in [7, 11) is 1.61. The summed E-state index contributed by atoms with van der Waals surface area (Å²) in [5.74, 6) is -0.368. The summed E-state index contributed by atoms with van der Waals surface area (Å²) >= 11 is 1.36. The van der Waals surface area contributed by atoms with Crippen LogP contribution in [0.15, 0.2) is 17.5 Å². The van der Waals surface area contributed by atoms with Crippen molar-refractivity contribution < 1.29 is 14.7 Å². The normalized spacial score (nSPS) is 16.9. The largest absolute Gasteiger partial charge is 0.394 e. The SMILES string of the molecule is CN(CC(=O)NC1(CO)CCCC1)C(=O)c1cccs1. The Morgan fingerprint density at radius 3 is 2.70 bits per heavy atom. The number of aliphatic hydroxyl groups is 1. The van der Waals surface area contributed by atoms with Crippen molar-refractivity contribution in [1.82, 2.24) is 10.2 Å². The summed E-state index contributed by atoms with van der Waals surface area (Å²) in [5.41, 5.74) is -0.482. The fraction of sp³-hybridized carbons (Fsp3) is 0.571. The lowest BCUT2D eigenvalue weighted by atomic mass is 9.99. The van der Waals surface area contributed by atoms with Crippen LogP contribution in [0.2, 0.25) is 0 Å². The van der Waals surface area contributed by atoms with Gasteiger partial charge in [0.25, 0.3) is 5.91 Å². The fourth-order valence-electron chi connectivity index (χ4n) is 2.59. The maximum Gasteiger partial charge on any atom is 0.264 e. The van der Waals surface area contributed by atoms with Gasteiger partial charge < -0.3 is 15.3 Å². The maximum atomic E-state index is 12.0. The minimum Gasteiger partial charge on any atom is -0.394 e. The van der Waals surface area contributed by atoms with Crippen molar-refractivity contribution in [3.8, 4) is 0 Å². The summed E-state index contributed by atoms with van der Waals surface area (Å²) in [6, 6.07) is 3.55. The molecule has 1 fully saturated rings. The molecule has 0 atom stereocenters. The first-order valence-corrected chi connectivity index (χ1v) is 7.65. The van der Waals surface area contributed by atoms with Crippen LogP contribution in [0, 0.1) is 0 Å². The number of aliphatic hydroxyl groups excluding tert-OH is 1. The molecule has 0 aromatic carbocycles. The van der Waals surface area contributed by atoms with Gasteiger partial charge in [0.2, 0.25) is 5.91 Å². The van der Waals surface area contributed by atoms with Gasteiger partial charge in [0, 0.05) is 7.05 Å². The summed E-state index contributed by atoms with van der Waals surface area (Å²) in [6.07, 6.45) is 3.64. The Balaban J connectivity index is 1.89. The standard InChI is InChI=1S/C14H20N2O3S/c1-16(13(19)11-5-4-8-20-11)9-12(18)15-14(10-17)6-2-3-7-14/h4-5,8,17H,2-3,6-7,9-10H2,1H3,(H,15,18). The van der Waals surface area contributed by atoms with Crippen molar-refractivity contribution in [3.63, 3.8) is 0 Å². The van der Waals surface area contributed by atoms with Gasteiger partial charge in [-0.15, -0.1) is 11.3 Å². The van der Waals surface area contributed by atoms with Crippen LogP contribution in [0.4, 0.5) is 0 Å². The van der Waals surface area contributed by atoms with Gasteiger partial charge in [-0.25, -0.2) is 0 Å². The van der Waals surface area contributed by atoms with E-state index in [1.54, 1.807) is 13.1 Å². The van der Waals surface area contributed by atoms with Gasteiger partial charge in [-0.05, 0) is 24.3 Å². The third kappa shape index (κ3) is 3.37. The molecule has 6 heteroatoms. The molecular formula is C14H20N2O3S. The zero-order chi connectivity index (χ0) is 14.6. The molecule has 0 saturated heterocycles. The second kappa shape index (κ2) is 6.37. The first-order valence-electron chi connectivity index (χ1n) is 6.77. The van der Waals surface area contributed by atoms with Gasteiger partial charge in [-0.2, -0.15) is 0 Å². The van der Waals surface area contributed by atoms with Gasteiger partial charge in [-0.1, -0.05) is 18.9 Å². The minimum absolute atomic E-state index is 0.0124. The van der Waals surface area contributed by atoms with Crippen LogP contribution in [-0.2, 0) is 4.79 Å². The van der Waals surface area contributed by atoms with E-state index in [0.29, 0.717) is 4.88 Å². The molecule has 1 aromatic heterocycles. The molecule has 2 N–H and O–H groups in total. The molecule has 0 radical (unpaired) electrons. The third-order valence-corrected chi connectivity index (χ3v) is 4.59. The number of thiophene rings is 1. The second-order valence-electron chi connectivity index (χ2n) is 5.33. The number of nitrogens with one attached hydrogen (secondary N) is 1. The van der Waals surface area contributed by atoms with Crippen LogP contribution in [0.25, 0.3) is 0 Å². The zero-order valence-corrected chi connectivity index (χ0v) is 12.4. The van der Waals surface area contributed by atoms with E-state index in [9.17, 15) is 14.7 Å². The number of nitrogens with zero attached hydrogens (tertiary/aromatic N) is 1. The Kier molecular flexibility index (Phi) is 4.77. The van der Waals surface area contributed by atoms with Crippen LogP contribution < -0.4 is 5.32 Å². The highest BCUT2D eigenvalue weighted by Crippen LogP contribution is 2.29. The number of hydrogen-bond donors (Lipinski definition) is 2. The van der Waals surface area contributed by atoms with E-state index in [-0.39, 0.29) is 25.0 Å². The third-order valence-electron chi connectivity index (χ3n) is 3.73. The number of amides is 2. The molecule has 5 nitrogen and oxygen atoms in total. The van der Waals surface area contributed by atoms with Crippen molar-refractivity contribution >= 4 is 23.2 Å². The Labute approximate surface area is 122 Å². The topological polar surface area (TPSA) is 69.6 Å². The number of likely N-dealkylation sites (N-methyl/N-ethyl adjacent to an activating group) is 1. The van der Waals surface area contributed by atoms with Gasteiger partial charge in [-0.3, -0.25) is 9.59 Å². The lowest BCUT2D eigenvalue weighted by Gasteiger charge is -2.29. The van der Waals surface area contributed by atoms with Gasteiger partial charge >= 0.3 is 0 Å². The van der Waals surface area contributed by atoms with E-state index in [2.05, 4.69) is 5.32 Å². The predicted molar refractivity (Wildman–Crippen MR) is 77.7 cm³/mol. The molecule has 1 saturated carbocycles. The molecule has 0 unspecified atom stereocenters. The molecule has 0 bridgehead atoms. The van der Waals surface area contributed by atoms with E-state index >= 15 is 0 Å². The van der Waals surface area contributed by atoms with E-state index in [1.807, 2.05) is 11.4 Å². The van der Waals surface area contributed by atoms with Crippen LogP contribution in [0.1, 0.15) is 35.4 Å². The van der Waals surface area contributed by atoms with Crippen molar-refractivity contribution in [2.45, 2.75) is 31.2 Å². The van der Waals surface area contributed by atoms with E-state index in [0.717, 1.165) is 25.7 Å². The molecule has 0 aliphatic heterocycles. The highest BCUT2D eigenvalue weighted by Gasteiger charge is 2.34. The van der Waals surface area contributed by atoms with E-state index in [1.165, 1.54) is 16.2 Å². The predicted octanol–water partition coefficient (Wildman–Crippen LogP) is 1.24. The summed E-state index contributed by atoms with van der Waals surface area (Å²) in [5, 5.41) is 14.2. The second-order valence-corrected chi connectivity index (χ2v) is 6.28. The fourth-order valence-corrected chi connectivity index (χ4v) is 3.30. The van der Waals surface area contributed by atoms with Crippen LogP contribution in [-0.4, -0.2) is 47.6 Å². The monoisotopic (exact) mass is 296 g/mol. The summed E-state index contributed by atoms with van der Waals surface area (Å²) in [6.45, 7) is -0.0280.